The largest absolute Gasteiger partial charge is 0.476 e. The number of halogens is 2. The quantitative estimate of drug-likeness (QED) is 0.850. The smallest absolute Gasteiger partial charge is 0.357 e. The molecular weight excluding hydrogens is 363 g/mol. The lowest BCUT2D eigenvalue weighted by Gasteiger charge is -2.22. The van der Waals surface area contributed by atoms with Crippen LogP contribution in [0.1, 0.15) is 33.3 Å². The van der Waals surface area contributed by atoms with E-state index < -0.39 is 17.7 Å². The summed E-state index contributed by atoms with van der Waals surface area (Å²) in [4.78, 5) is 23.5. The van der Waals surface area contributed by atoms with Gasteiger partial charge in [0.1, 0.15) is 5.82 Å². The highest BCUT2D eigenvalue weighted by atomic mass is 79.9. The zero-order chi connectivity index (χ0) is 15.1. The van der Waals surface area contributed by atoms with E-state index in [9.17, 15) is 14.0 Å². The Morgan fingerprint density at radius 1 is 1.52 bits per heavy atom. The van der Waals surface area contributed by atoms with Crippen molar-refractivity contribution in [3.8, 4) is 0 Å². The summed E-state index contributed by atoms with van der Waals surface area (Å²) in [6, 6.07) is 4.59. The molecule has 1 aliphatic rings. The van der Waals surface area contributed by atoms with Crippen molar-refractivity contribution in [2.45, 2.75) is 12.3 Å². The van der Waals surface area contributed by atoms with E-state index in [1.54, 1.807) is 12.1 Å². The van der Waals surface area contributed by atoms with Crippen LogP contribution < -0.4 is 5.32 Å². The minimum absolute atomic E-state index is 0.0623. The van der Waals surface area contributed by atoms with Gasteiger partial charge in [-0.3, -0.25) is 4.79 Å². The van der Waals surface area contributed by atoms with E-state index in [1.165, 1.54) is 6.07 Å². The summed E-state index contributed by atoms with van der Waals surface area (Å²) in [7, 11) is 0. The van der Waals surface area contributed by atoms with E-state index in [-0.39, 0.29) is 23.7 Å². The average molecular weight is 371 g/mol. The molecule has 8 heteroatoms. The van der Waals surface area contributed by atoms with Crippen LogP contribution in [0.5, 0.6) is 0 Å². The highest BCUT2D eigenvalue weighted by molar-refractivity contribution is 9.10. The van der Waals surface area contributed by atoms with Crippen LogP contribution in [0.4, 0.5) is 10.1 Å². The van der Waals surface area contributed by atoms with Crippen LogP contribution in [0, 0.1) is 5.82 Å². The molecule has 2 aromatic rings. The maximum atomic E-state index is 14.1. The zero-order valence-corrected chi connectivity index (χ0v) is 12.8. The lowest BCUT2D eigenvalue weighted by molar-refractivity contribution is -0.116. The van der Waals surface area contributed by atoms with Gasteiger partial charge in [0.05, 0.1) is 10.6 Å². The maximum Gasteiger partial charge on any atom is 0.357 e. The first-order valence-corrected chi connectivity index (χ1v) is 7.51. The minimum Gasteiger partial charge on any atom is -0.476 e. The third-order valence-corrected chi connectivity index (χ3v) is 4.68. The fraction of sp³-hybridized carbons (Fsp3) is 0.154. The van der Waals surface area contributed by atoms with Gasteiger partial charge < -0.3 is 10.4 Å². The Balaban J connectivity index is 2.13. The minimum atomic E-state index is -1.22. The van der Waals surface area contributed by atoms with Crippen molar-refractivity contribution in [3.63, 3.8) is 0 Å². The van der Waals surface area contributed by atoms with E-state index in [1.807, 2.05) is 0 Å². The van der Waals surface area contributed by atoms with Crippen LogP contribution in [0.3, 0.4) is 0 Å². The highest BCUT2D eigenvalue weighted by Crippen LogP contribution is 2.42. The molecular formula is C13H8BrFN2O3S. The fourth-order valence-corrected chi connectivity index (χ4v) is 3.58. The summed E-state index contributed by atoms with van der Waals surface area (Å²) in [6.45, 7) is 0. The normalized spacial score (nSPS) is 17.2. The van der Waals surface area contributed by atoms with Crippen molar-refractivity contribution in [3.05, 3.63) is 44.6 Å². The van der Waals surface area contributed by atoms with E-state index in [0.29, 0.717) is 14.9 Å². The second-order valence-electron chi connectivity index (χ2n) is 4.55. The Bertz CT molecular complexity index is 762. The van der Waals surface area contributed by atoms with E-state index in [4.69, 9.17) is 5.11 Å². The Kier molecular flexibility index (Phi) is 3.50. The molecule has 0 bridgehead atoms. The number of aromatic carboxylic acids is 1. The number of fused-ring (bicyclic) bond motifs is 1. The van der Waals surface area contributed by atoms with Gasteiger partial charge in [0.15, 0.2) is 5.69 Å². The summed E-state index contributed by atoms with van der Waals surface area (Å²) >= 11 is 4.15. The van der Waals surface area contributed by atoms with Gasteiger partial charge in [0.2, 0.25) is 5.91 Å². The molecule has 1 aromatic heterocycles. The van der Waals surface area contributed by atoms with Crippen LogP contribution in [0.2, 0.25) is 0 Å². The number of aromatic nitrogens is 1. The first-order valence-electron chi connectivity index (χ1n) is 5.95. The van der Waals surface area contributed by atoms with Crippen LogP contribution >= 0.6 is 27.5 Å². The molecule has 21 heavy (non-hydrogen) atoms. The molecule has 2 N–H and O–H groups in total. The van der Waals surface area contributed by atoms with Gasteiger partial charge in [0, 0.05) is 16.8 Å². The summed E-state index contributed by atoms with van der Waals surface area (Å²) in [6.07, 6.45) is 0.0623. The number of carbonyl (C=O) groups excluding carboxylic acids is 1. The Labute approximate surface area is 131 Å². The second-order valence-corrected chi connectivity index (χ2v) is 6.27. The van der Waals surface area contributed by atoms with Crippen molar-refractivity contribution in [2.75, 3.05) is 5.32 Å². The number of amides is 1. The highest BCUT2D eigenvalue weighted by Gasteiger charge is 2.34. The van der Waals surface area contributed by atoms with Gasteiger partial charge in [-0.05, 0) is 29.2 Å². The zero-order valence-electron chi connectivity index (χ0n) is 10.4. The molecule has 0 unspecified atom stereocenters. The SMILES string of the molecule is O=C1C[C@H](c2ccc(Br)cc2F)c2snc(C(=O)O)c2N1. The van der Waals surface area contributed by atoms with Gasteiger partial charge in [0.25, 0.3) is 0 Å². The topological polar surface area (TPSA) is 79.3 Å². The van der Waals surface area contributed by atoms with E-state index in [2.05, 4.69) is 25.6 Å². The second kappa shape index (κ2) is 5.19. The van der Waals surface area contributed by atoms with Crippen molar-refractivity contribution >= 4 is 45.0 Å². The molecule has 1 atom stereocenters. The van der Waals surface area contributed by atoms with Crippen LogP contribution in [-0.2, 0) is 4.79 Å². The lowest BCUT2D eigenvalue weighted by Crippen LogP contribution is -2.24. The van der Waals surface area contributed by atoms with E-state index >= 15 is 0 Å². The molecule has 0 aliphatic carbocycles. The Morgan fingerprint density at radius 2 is 2.29 bits per heavy atom. The van der Waals surface area contributed by atoms with Crippen molar-refractivity contribution in [2.24, 2.45) is 0 Å². The molecule has 0 saturated carbocycles. The van der Waals surface area contributed by atoms with Crippen molar-refractivity contribution in [1.82, 2.24) is 4.37 Å². The standard InChI is InChI=1S/C13H8BrFN2O3S/c14-5-1-2-6(8(15)3-5)7-4-9(18)16-10-11(13(19)20)17-21-12(7)10/h1-3,7H,4H2,(H,16,18)(H,19,20)/t7-/m1/s1. The Hall–Kier alpha value is -1.80. The summed E-state index contributed by atoms with van der Waals surface area (Å²) in [5.41, 5.74) is 0.330. The molecule has 3 rings (SSSR count). The van der Waals surface area contributed by atoms with Crippen LogP contribution in [0.25, 0.3) is 0 Å². The third-order valence-electron chi connectivity index (χ3n) is 3.23. The number of carboxylic acid groups (broad SMARTS) is 1. The molecule has 0 fully saturated rings. The van der Waals surface area contributed by atoms with Gasteiger partial charge in [-0.1, -0.05) is 22.0 Å². The van der Waals surface area contributed by atoms with Crippen molar-refractivity contribution in [1.29, 1.82) is 0 Å². The van der Waals surface area contributed by atoms with Crippen LogP contribution in [-0.4, -0.2) is 21.4 Å². The molecule has 2 heterocycles. The molecule has 1 aromatic carbocycles. The summed E-state index contributed by atoms with van der Waals surface area (Å²) in [5.74, 6) is -2.53. The number of anilines is 1. The average Bonchev–Trinajstić information content (AvgIpc) is 2.81. The molecule has 0 spiro atoms. The van der Waals surface area contributed by atoms with Crippen LogP contribution in [0.15, 0.2) is 22.7 Å². The number of hydrogen-bond acceptors (Lipinski definition) is 4. The number of nitrogens with one attached hydrogen (secondary N) is 1. The fourth-order valence-electron chi connectivity index (χ4n) is 2.31. The maximum absolute atomic E-state index is 14.1. The number of carbonyl (C=O) groups is 2. The number of rotatable bonds is 2. The summed E-state index contributed by atoms with van der Waals surface area (Å²) in [5, 5.41) is 11.6. The third kappa shape index (κ3) is 2.44. The number of nitrogens with zero attached hydrogens (tertiary/aromatic N) is 1. The van der Waals surface area contributed by atoms with Gasteiger partial charge in [-0.25, -0.2) is 9.18 Å². The lowest BCUT2D eigenvalue weighted by atomic mass is 9.90. The van der Waals surface area contributed by atoms with Crippen molar-refractivity contribution < 1.29 is 19.1 Å². The van der Waals surface area contributed by atoms with Gasteiger partial charge in [-0.2, -0.15) is 4.37 Å². The predicted molar refractivity (Wildman–Crippen MR) is 78.3 cm³/mol. The monoisotopic (exact) mass is 370 g/mol. The molecule has 1 aliphatic heterocycles. The molecule has 0 radical (unpaired) electrons. The Morgan fingerprint density at radius 3 is 2.95 bits per heavy atom. The number of benzene rings is 1. The number of carboxylic acids is 1. The molecule has 108 valence electrons. The van der Waals surface area contributed by atoms with Gasteiger partial charge >= 0.3 is 5.97 Å². The van der Waals surface area contributed by atoms with E-state index in [0.717, 1.165) is 11.5 Å². The summed E-state index contributed by atoms with van der Waals surface area (Å²) < 4.78 is 18.6. The first-order chi connectivity index (χ1) is 9.97. The molecule has 0 saturated heterocycles. The molecule has 5 nitrogen and oxygen atoms in total. The molecule has 1 amide bonds. The first kappa shape index (κ1) is 14.2. The number of hydrogen-bond donors (Lipinski definition) is 2. The predicted octanol–water partition coefficient (Wildman–Crippen LogP) is 3.22. The van der Waals surface area contributed by atoms with Gasteiger partial charge in [-0.15, -0.1) is 0 Å².